The summed E-state index contributed by atoms with van der Waals surface area (Å²) >= 11 is 0. The van der Waals surface area contributed by atoms with Gasteiger partial charge in [-0.05, 0) is 19.3 Å². The van der Waals surface area contributed by atoms with E-state index in [1.165, 1.54) is 6.33 Å². The minimum absolute atomic E-state index is 0.343. The van der Waals surface area contributed by atoms with Gasteiger partial charge < -0.3 is 20.1 Å². The Bertz CT molecular complexity index is 406. The number of methoxy groups -OCH3 is 1. The molecule has 0 aromatic carbocycles. The zero-order chi connectivity index (χ0) is 13.7. The van der Waals surface area contributed by atoms with Crippen molar-refractivity contribution >= 4 is 11.5 Å². The zero-order valence-electron chi connectivity index (χ0n) is 11.6. The van der Waals surface area contributed by atoms with Crippen LogP contribution in [0.1, 0.15) is 26.2 Å². The summed E-state index contributed by atoms with van der Waals surface area (Å²) in [6.45, 7) is 4.46. The van der Waals surface area contributed by atoms with E-state index in [2.05, 4.69) is 14.9 Å². The molecule has 0 radical (unpaired) electrons. The number of ether oxygens (including phenoxy) is 2. The molecular formula is C13H22N4O2. The number of aromatic nitrogens is 2. The fourth-order valence-electron chi connectivity index (χ4n) is 2.24. The molecule has 1 saturated heterocycles. The van der Waals surface area contributed by atoms with Crippen molar-refractivity contribution in [2.45, 2.75) is 32.3 Å². The van der Waals surface area contributed by atoms with Crippen molar-refractivity contribution in [3.05, 3.63) is 6.33 Å². The lowest BCUT2D eigenvalue weighted by atomic mass is 10.1. The molecule has 0 bridgehead atoms. The lowest BCUT2D eigenvalue weighted by molar-refractivity contribution is 0.0818. The first-order valence-electron chi connectivity index (χ1n) is 6.77. The van der Waals surface area contributed by atoms with Crippen LogP contribution in [0.4, 0.5) is 11.5 Å². The lowest BCUT2D eigenvalue weighted by Crippen LogP contribution is -2.37. The second-order valence-corrected chi connectivity index (χ2v) is 4.69. The Labute approximate surface area is 113 Å². The Morgan fingerprint density at radius 3 is 2.74 bits per heavy atom. The smallest absolute Gasteiger partial charge is 0.242 e. The molecular weight excluding hydrogens is 244 g/mol. The van der Waals surface area contributed by atoms with Gasteiger partial charge in [-0.15, -0.1) is 0 Å². The van der Waals surface area contributed by atoms with Crippen molar-refractivity contribution in [1.29, 1.82) is 0 Å². The van der Waals surface area contributed by atoms with Crippen molar-refractivity contribution in [2.75, 3.05) is 37.4 Å². The van der Waals surface area contributed by atoms with Gasteiger partial charge in [0.05, 0.1) is 12.7 Å². The van der Waals surface area contributed by atoms with Crippen LogP contribution in [0, 0.1) is 0 Å². The van der Waals surface area contributed by atoms with E-state index >= 15 is 0 Å². The molecule has 19 heavy (non-hydrogen) atoms. The van der Waals surface area contributed by atoms with E-state index in [1.807, 2.05) is 6.92 Å². The van der Waals surface area contributed by atoms with Crippen LogP contribution in [-0.2, 0) is 4.74 Å². The predicted molar refractivity (Wildman–Crippen MR) is 74.5 cm³/mol. The van der Waals surface area contributed by atoms with E-state index in [4.69, 9.17) is 15.2 Å². The number of nitrogens with two attached hydrogens (primary N) is 1. The standard InChI is InChI=1S/C13H22N4O2/c1-3-8-19-13-11(14)12(15-9-16-13)17-6-4-10(18-2)5-7-17/h9-10H,3-8,14H2,1-2H3. The highest BCUT2D eigenvalue weighted by Crippen LogP contribution is 2.30. The maximum absolute atomic E-state index is 6.10. The number of piperidine rings is 1. The average Bonchev–Trinajstić information content (AvgIpc) is 2.46. The molecule has 2 N–H and O–H groups in total. The number of hydrogen-bond donors (Lipinski definition) is 1. The van der Waals surface area contributed by atoms with Crippen LogP contribution in [0.15, 0.2) is 6.33 Å². The Kier molecular flexibility index (Phi) is 4.79. The number of hydrogen-bond acceptors (Lipinski definition) is 6. The van der Waals surface area contributed by atoms with E-state index in [0.717, 1.165) is 38.2 Å². The first-order chi connectivity index (χ1) is 9.26. The van der Waals surface area contributed by atoms with E-state index in [0.29, 0.717) is 24.3 Å². The quantitative estimate of drug-likeness (QED) is 0.870. The Balaban J connectivity index is 2.08. The minimum Gasteiger partial charge on any atom is -0.476 e. The van der Waals surface area contributed by atoms with Crippen LogP contribution in [0.5, 0.6) is 5.88 Å². The molecule has 6 heteroatoms. The van der Waals surface area contributed by atoms with E-state index in [1.54, 1.807) is 7.11 Å². The summed E-state index contributed by atoms with van der Waals surface area (Å²) in [5, 5.41) is 0. The van der Waals surface area contributed by atoms with Gasteiger partial charge in [-0.2, -0.15) is 4.98 Å². The molecule has 1 fully saturated rings. The highest BCUT2D eigenvalue weighted by atomic mass is 16.5. The van der Waals surface area contributed by atoms with Crippen molar-refractivity contribution in [3.8, 4) is 5.88 Å². The third kappa shape index (κ3) is 3.26. The Morgan fingerprint density at radius 2 is 2.11 bits per heavy atom. The fourth-order valence-corrected chi connectivity index (χ4v) is 2.24. The maximum atomic E-state index is 6.10. The predicted octanol–water partition coefficient (Wildman–Crippen LogP) is 1.46. The minimum atomic E-state index is 0.343. The van der Waals surface area contributed by atoms with Crippen molar-refractivity contribution in [1.82, 2.24) is 9.97 Å². The molecule has 0 aliphatic carbocycles. The van der Waals surface area contributed by atoms with Crippen LogP contribution < -0.4 is 15.4 Å². The van der Waals surface area contributed by atoms with E-state index in [9.17, 15) is 0 Å². The van der Waals surface area contributed by atoms with Gasteiger partial charge in [0, 0.05) is 20.2 Å². The molecule has 2 heterocycles. The molecule has 0 atom stereocenters. The molecule has 1 aromatic rings. The summed E-state index contributed by atoms with van der Waals surface area (Å²) < 4.78 is 10.9. The Morgan fingerprint density at radius 1 is 1.37 bits per heavy atom. The van der Waals surface area contributed by atoms with Gasteiger partial charge in [0.15, 0.2) is 5.82 Å². The molecule has 0 amide bonds. The van der Waals surface area contributed by atoms with Crippen LogP contribution in [0.3, 0.4) is 0 Å². The average molecular weight is 266 g/mol. The SMILES string of the molecule is CCCOc1ncnc(N2CCC(OC)CC2)c1N. The number of nitrogens with zero attached hydrogens (tertiary/aromatic N) is 3. The third-order valence-corrected chi connectivity index (χ3v) is 3.34. The largest absolute Gasteiger partial charge is 0.476 e. The number of nitrogen functional groups attached to an aromatic ring is 1. The summed E-state index contributed by atoms with van der Waals surface area (Å²) in [6, 6.07) is 0. The monoisotopic (exact) mass is 266 g/mol. The van der Waals surface area contributed by atoms with Gasteiger partial charge in [0.25, 0.3) is 0 Å². The van der Waals surface area contributed by atoms with Gasteiger partial charge >= 0.3 is 0 Å². The van der Waals surface area contributed by atoms with Gasteiger partial charge in [-0.3, -0.25) is 0 Å². The zero-order valence-corrected chi connectivity index (χ0v) is 11.6. The van der Waals surface area contributed by atoms with Gasteiger partial charge in [-0.25, -0.2) is 4.98 Å². The van der Waals surface area contributed by atoms with Crippen molar-refractivity contribution in [2.24, 2.45) is 0 Å². The lowest BCUT2D eigenvalue weighted by Gasteiger charge is -2.32. The second kappa shape index (κ2) is 6.56. The molecule has 0 spiro atoms. The molecule has 0 saturated carbocycles. The van der Waals surface area contributed by atoms with Crippen molar-refractivity contribution < 1.29 is 9.47 Å². The van der Waals surface area contributed by atoms with Gasteiger partial charge in [0.1, 0.15) is 12.0 Å². The van der Waals surface area contributed by atoms with Crippen LogP contribution in [0.2, 0.25) is 0 Å². The highest BCUT2D eigenvalue weighted by Gasteiger charge is 2.22. The molecule has 6 nitrogen and oxygen atoms in total. The van der Waals surface area contributed by atoms with Gasteiger partial charge in [0.2, 0.25) is 5.88 Å². The van der Waals surface area contributed by atoms with Crippen LogP contribution >= 0.6 is 0 Å². The third-order valence-electron chi connectivity index (χ3n) is 3.34. The summed E-state index contributed by atoms with van der Waals surface area (Å²) in [4.78, 5) is 10.6. The summed E-state index contributed by atoms with van der Waals surface area (Å²) in [5.74, 6) is 1.26. The second-order valence-electron chi connectivity index (χ2n) is 4.69. The van der Waals surface area contributed by atoms with E-state index < -0.39 is 0 Å². The first-order valence-corrected chi connectivity index (χ1v) is 6.77. The molecule has 1 aromatic heterocycles. The first kappa shape index (κ1) is 13.9. The molecule has 1 aliphatic heterocycles. The number of rotatable bonds is 5. The molecule has 1 aliphatic rings. The van der Waals surface area contributed by atoms with Gasteiger partial charge in [-0.1, -0.05) is 6.92 Å². The molecule has 0 unspecified atom stereocenters. The topological polar surface area (TPSA) is 73.5 Å². The van der Waals surface area contributed by atoms with Crippen LogP contribution in [-0.4, -0.2) is 42.9 Å². The molecule has 2 rings (SSSR count). The Hall–Kier alpha value is -1.56. The summed E-state index contributed by atoms with van der Waals surface area (Å²) in [6.07, 6.45) is 4.77. The highest BCUT2D eigenvalue weighted by molar-refractivity contribution is 5.67. The number of anilines is 2. The summed E-state index contributed by atoms with van der Waals surface area (Å²) in [7, 11) is 1.76. The van der Waals surface area contributed by atoms with Crippen LogP contribution in [0.25, 0.3) is 0 Å². The van der Waals surface area contributed by atoms with Crippen molar-refractivity contribution in [3.63, 3.8) is 0 Å². The normalized spacial score (nSPS) is 16.6. The molecule has 106 valence electrons. The fraction of sp³-hybridized carbons (Fsp3) is 0.692. The van der Waals surface area contributed by atoms with E-state index in [-0.39, 0.29) is 0 Å². The maximum Gasteiger partial charge on any atom is 0.242 e. The summed E-state index contributed by atoms with van der Waals surface area (Å²) in [5.41, 5.74) is 6.63.